The van der Waals surface area contributed by atoms with E-state index >= 15 is 0 Å². The largest absolute Gasteiger partial charge is 0.363 e. The van der Waals surface area contributed by atoms with Crippen LogP contribution in [-0.4, -0.2) is 46.1 Å². The molecule has 28 heavy (non-hydrogen) atoms. The highest BCUT2D eigenvalue weighted by Crippen LogP contribution is 2.33. The molecule has 6 nitrogen and oxygen atoms in total. The van der Waals surface area contributed by atoms with Crippen LogP contribution >= 0.6 is 23.2 Å². The van der Waals surface area contributed by atoms with Crippen molar-refractivity contribution in [3.8, 4) is 11.3 Å². The number of rotatable bonds is 4. The quantitative estimate of drug-likeness (QED) is 0.703. The Morgan fingerprint density at radius 3 is 2.64 bits per heavy atom. The number of H-pyrrole nitrogens is 1. The van der Waals surface area contributed by atoms with Crippen LogP contribution in [0.3, 0.4) is 0 Å². The van der Waals surface area contributed by atoms with Crippen LogP contribution < -0.4 is 4.90 Å². The van der Waals surface area contributed by atoms with E-state index < -0.39 is 0 Å². The lowest BCUT2D eigenvalue weighted by Gasteiger charge is -2.30. The number of pyridine rings is 1. The van der Waals surface area contributed by atoms with Crippen LogP contribution in [0.5, 0.6) is 0 Å². The Morgan fingerprint density at radius 2 is 1.93 bits per heavy atom. The first kappa shape index (κ1) is 18.8. The third-order valence-corrected chi connectivity index (χ3v) is 5.54. The summed E-state index contributed by atoms with van der Waals surface area (Å²) in [7, 11) is 1.82. The maximum atomic E-state index is 12.9. The maximum Gasteiger partial charge on any atom is 0.242 e. The minimum absolute atomic E-state index is 0.0195. The number of hydrogen-bond acceptors (Lipinski definition) is 4. The lowest BCUT2D eigenvalue weighted by atomic mass is 10.0. The van der Waals surface area contributed by atoms with E-state index in [0.29, 0.717) is 28.8 Å². The lowest BCUT2D eigenvalue weighted by Crippen LogP contribution is -2.41. The monoisotopic (exact) mass is 415 g/mol. The number of para-hydroxylation sites is 1. The molecule has 3 aromatic rings. The molecule has 0 fully saturated rings. The number of benzene rings is 1. The standard InChI is InChI=1S/C20H19Cl2N5O/c1-26(20-15(21)3-2-4-16(20)22)12-18(28)27-10-7-17-14(11-27)19(25-24-17)13-5-8-23-9-6-13/h2-6,8-9H,7,10-12H2,1H3,(H,24,25). The molecule has 144 valence electrons. The van der Waals surface area contributed by atoms with Crippen molar-refractivity contribution in [3.63, 3.8) is 0 Å². The molecule has 1 aliphatic rings. The second kappa shape index (κ2) is 7.81. The molecule has 8 heteroatoms. The Balaban J connectivity index is 1.51. The molecule has 0 saturated heterocycles. The van der Waals surface area contributed by atoms with E-state index in [1.165, 1.54) is 0 Å². The van der Waals surface area contributed by atoms with E-state index in [1.54, 1.807) is 35.5 Å². The number of aromatic nitrogens is 3. The number of amides is 1. The van der Waals surface area contributed by atoms with Gasteiger partial charge in [-0.05, 0) is 24.3 Å². The van der Waals surface area contributed by atoms with Crippen molar-refractivity contribution in [1.29, 1.82) is 0 Å². The van der Waals surface area contributed by atoms with Crippen LogP contribution in [0.25, 0.3) is 11.3 Å². The van der Waals surface area contributed by atoms with Gasteiger partial charge in [0.1, 0.15) is 0 Å². The predicted molar refractivity (Wildman–Crippen MR) is 111 cm³/mol. The van der Waals surface area contributed by atoms with Gasteiger partial charge in [0, 0.05) is 55.8 Å². The number of halogens is 2. The minimum atomic E-state index is 0.0195. The SMILES string of the molecule is CN(CC(=O)N1CCc2[nH]nc(-c3ccncc3)c2C1)c1c(Cl)cccc1Cl. The molecule has 0 unspecified atom stereocenters. The van der Waals surface area contributed by atoms with Gasteiger partial charge in [-0.2, -0.15) is 5.10 Å². The molecule has 0 aliphatic carbocycles. The summed E-state index contributed by atoms with van der Waals surface area (Å²) in [5.74, 6) is 0.0195. The van der Waals surface area contributed by atoms with Crippen LogP contribution in [0.15, 0.2) is 42.7 Å². The highest BCUT2D eigenvalue weighted by Gasteiger charge is 2.26. The van der Waals surface area contributed by atoms with Gasteiger partial charge >= 0.3 is 0 Å². The van der Waals surface area contributed by atoms with Crippen molar-refractivity contribution < 1.29 is 4.79 Å². The fourth-order valence-corrected chi connectivity index (χ4v) is 4.18. The Labute approximate surface area is 173 Å². The summed E-state index contributed by atoms with van der Waals surface area (Å²) in [5.41, 5.74) is 4.67. The Hall–Kier alpha value is -2.57. The number of anilines is 1. The fourth-order valence-electron chi connectivity index (χ4n) is 3.49. The van der Waals surface area contributed by atoms with Gasteiger partial charge in [-0.25, -0.2) is 0 Å². The number of carbonyl (C=O) groups excluding carboxylic acids is 1. The van der Waals surface area contributed by atoms with Crippen LogP contribution in [0.1, 0.15) is 11.3 Å². The van der Waals surface area contributed by atoms with Crippen molar-refractivity contribution in [3.05, 3.63) is 64.0 Å². The van der Waals surface area contributed by atoms with Crippen LogP contribution in [-0.2, 0) is 17.8 Å². The van der Waals surface area contributed by atoms with Gasteiger partial charge in [0.2, 0.25) is 5.91 Å². The number of nitrogens with one attached hydrogen (secondary N) is 1. The zero-order valence-corrected chi connectivity index (χ0v) is 16.8. The fraction of sp³-hybridized carbons (Fsp3) is 0.250. The van der Waals surface area contributed by atoms with Gasteiger partial charge in [-0.15, -0.1) is 0 Å². The zero-order chi connectivity index (χ0) is 19.7. The number of nitrogens with zero attached hydrogens (tertiary/aromatic N) is 4. The highest BCUT2D eigenvalue weighted by atomic mass is 35.5. The van der Waals surface area contributed by atoms with Crippen molar-refractivity contribution >= 4 is 34.8 Å². The smallest absolute Gasteiger partial charge is 0.242 e. The molecule has 0 radical (unpaired) electrons. The summed E-state index contributed by atoms with van der Waals surface area (Å²) in [5, 5.41) is 8.62. The van der Waals surface area contributed by atoms with E-state index in [9.17, 15) is 4.79 Å². The molecule has 1 N–H and O–H groups in total. The average molecular weight is 416 g/mol. The lowest BCUT2D eigenvalue weighted by molar-refractivity contribution is -0.130. The molecular formula is C20H19Cl2N5O. The van der Waals surface area contributed by atoms with Crippen molar-refractivity contribution in [2.24, 2.45) is 0 Å². The van der Waals surface area contributed by atoms with Crippen LogP contribution in [0.4, 0.5) is 5.69 Å². The number of likely N-dealkylation sites (N-methyl/N-ethyl adjacent to an activating group) is 1. The average Bonchev–Trinajstić information content (AvgIpc) is 3.11. The molecule has 1 aliphatic heterocycles. The summed E-state index contributed by atoms with van der Waals surface area (Å²) in [6.45, 7) is 1.36. The third kappa shape index (κ3) is 3.57. The molecule has 0 saturated carbocycles. The summed E-state index contributed by atoms with van der Waals surface area (Å²) in [4.78, 5) is 20.6. The maximum absolute atomic E-state index is 12.9. The first-order valence-corrected chi connectivity index (χ1v) is 9.69. The Morgan fingerprint density at radius 1 is 1.21 bits per heavy atom. The van der Waals surface area contributed by atoms with Crippen molar-refractivity contribution in [2.45, 2.75) is 13.0 Å². The topological polar surface area (TPSA) is 65.1 Å². The highest BCUT2D eigenvalue weighted by molar-refractivity contribution is 6.39. The Bertz CT molecular complexity index is 985. The van der Waals surface area contributed by atoms with E-state index in [4.69, 9.17) is 23.2 Å². The number of carbonyl (C=O) groups is 1. The predicted octanol–water partition coefficient (Wildman–Crippen LogP) is 3.80. The molecule has 0 spiro atoms. The van der Waals surface area contributed by atoms with Gasteiger partial charge < -0.3 is 9.80 Å². The first-order valence-electron chi connectivity index (χ1n) is 8.94. The molecule has 1 aromatic carbocycles. The summed E-state index contributed by atoms with van der Waals surface area (Å²) >= 11 is 12.5. The van der Waals surface area contributed by atoms with Gasteiger partial charge in [0.15, 0.2) is 0 Å². The summed E-state index contributed by atoms with van der Waals surface area (Å²) in [6, 6.07) is 9.16. The van der Waals surface area contributed by atoms with Gasteiger partial charge in [0.25, 0.3) is 0 Å². The van der Waals surface area contributed by atoms with E-state index in [2.05, 4.69) is 15.2 Å². The zero-order valence-electron chi connectivity index (χ0n) is 15.3. The second-order valence-electron chi connectivity index (χ2n) is 6.76. The molecule has 0 atom stereocenters. The molecule has 4 rings (SSSR count). The number of fused-ring (bicyclic) bond motifs is 1. The van der Waals surface area contributed by atoms with Gasteiger partial charge in [-0.1, -0.05) is 29.3 Å². The number of aromatic amines is 1. The molecule has 0 bridgehead atoms. The van der Waals surface area contributed by atoms with Crippen LogP contribution in [0, 0.1) is 0 Å². The molecular weight excluding hydrogens is 397 g/mol. The normalized spacial score (nSPS) is 13.3. The van der Waals surface area contributed by atoms with Crippen LogP contribution in [0.2, 0.25) is 10.0 Å². The summed E-state index contributed by atoms with van der Waals surface area (Å²) < 4.78 is 0. The van der Waals surface area contributed by atoms with Gasteiger partial charge in [-0.3, -0.25) is 14.9 Å². The third-order valence-electron chi connectivity index (χ3n) is 4.93. The Kier molecular flexibility index (Phi) is 5.24. The summed E-state index contributed by atoms with van der Waals surface area (Å²) in [6.07, 6.45) is 4.23. The molecule has 3 heterocycles. The molecule has 1 amide bonds. The van der Waals surface area contributed by atoms with E-state index in [-0.39, 0.29) is 12.5 Å². The van der Waals surface area contributed by atoms with E-state index in [1.807, 2.05) is 24.1 Å². The first-order chi connectivity index (χ1) is 13.5. The van der Waals surface area contributed by atoms with Crippen molar-refractivity contribution in [2.75, 3.05) is 25.0 Å². The van der Waals surface area contributed by atoms with Crippen molar-refractivity contribution in [1.82, 2.24) is 20.1 Å². The van der Waals surface area contributed by atoms with Gasteiger partial charge in [0.05, 0.1) is 28.0 Å². The van der Waals surface area contributed by atoms with E-state index in [0.717, 1.165) is 28.9 Å². The molecule has 2 aromatic heterocycles. The second-order valence-corrected chi connectivity index (χ2v) is 7.57. The minimum Gasteiger partial charge on any atom is -0.363 e. The number of hydrogen-bond donors (Lipinski definition) is 1.